The summed E-state index contributed by atoms with van der Waals surface area (Å²) in [7, 11) is 1.81. The first kappa shape index (κ1) is 21.5. The van der Waals surface area contributed by atoms with Gasteiger partial charge in [-0.05, 0) is 50.2 Å². The van der Waals surface area contributed by atoms with Gasteiger partial charge in [0.1, 0.15) is 5.69 Å². The Labute approximate surface area is 191 Å². The maximum Gasteiger partial charge on any atom is 0.317 e. The van der Waals surface area contributed by atoms with Crippen molar-refractivity contribution in [3.05, 3.63) is 30.3 Å². The zero-order valence-electron chi connectivity index (χ0n) is 19.0. The van der Waals surface area contributed by atoms with Crippen LogP contribution in [-0.2, 0) is 7.05 Å². The molecule has 0 unspecified atom stereocenters. The Morgan fingerprint density at radius 2 is 2.06 bits per heavy atom. The van der Waals surface area contributed by atoms with Crippen LogP contribution in [0.3, 0.4) is 0 Å². The van der Waals surface area contributed by atoms with Crippen molar-refractivity contribution in [2.24, 2.45) is 13.0 Å². The van der Waals surface area contributed by atoms with Crippen LogP contribution < -0.4 is 10.6 Å². The molecular formula is C23H29FN8O. The van der Waals surface area contributed by atoms with Crippen molar-refractivity contribution in [3.63, 3.8) is 0 Å². The SMILES string of the molecule is C[C@H]1CCN(C(=O)N[C@@H]2CCC[C@H](Nc3nc(-c4nn(C)c5ncccc45)ncc3F)C2)C1. The van der Waals surface area contributed by atoms with E-state index in [9.17, 15) is 9.18 Å². The molecule has 2 aliphatic rings. The van der Waals surface area contributed by atoms with Gasteiger partial charge >= 0.3 is 6.03 Å². The Morgan fingerprint density at radius 1 is 1.21 bits per heavy atom. The molecule has 9 nitrogen and oxygen atoms in total. The van der Waals surface area contributed by atoms with Gasteiger partial charge in [-0.25, -0.2) is 28.8 Å². The van der Waals surface area contributed by atoms with E-state index >= 15 is 0 Å². The number of urea groups is 1. The highest BCUT2D eigenvalue weighted by Crippen LogP contribution is 2.27. The minimum atomic E-state index is -0.505. The number of anilines is 1. The predicted octanol–water partition coefficient (Wildman–Crippen LogP) is 3.34. The smallest absolute Gasteiger partial charge is 0.317 e. The lowest BCUT2D eigenvalue weighted by Gasteiger charge is -2.32. The van der Waals surface area contributed by atoms with Crippen LogP contribution in [0.25, 0.3) is 22.6 Å². The average Bonchev–Trinajstić information content (AvgIpc) is 3.39. The molecule has 3 aromatic heterocycles. The summed E-state index contributed by atoms with van der Waals surface area (Å²) in [5, 5.41) is 11.7. The van der Waals surface area contributed by atoms with Crippen molar-refractivity contribution < 1.29 is 9.18 Å². The summed E-state index contributed by atoms with van der Waals surface area (Å²) in [6, 6.07) is 3.82. The molecule has 0 bridgehead atoms. The number of rotatable bonds is 4. The molecule has 1 aliphatic carbocycles. The maximum atomic E-state index is 14.6. The fourth-order valence-electron chi connectivity index (χ4n) is 4.87. The first-order chi connectivity index (χ1) is 16.0. The van der Waals surface area contributed by atoms with Crippen molar-refractivity contribution in [2.75, 3.05) is 18.4 Å². The van der Waals surface area contributed by atoms with Gasteiger partial charge in [0.15, 0.2) is 23.1 Å². The lowest BCUT2D eigenvalue weighted by Crippen LogP contribution is -2.47. The number of hydrogen-bond donors (Lipinski definition) is 2. The number of nitrogens with zero attached hydrogens (tertiary/aromatic N) is 6. The Kier molecular flexibility index (Phi) is 5.82. The van der Waals surface area contributed by atoms with Crippen LogP contribution in [0.2, 0.25) is 0 Å². The van der Waals surface area contributed by atoms with Gasteiger partial charge in [0, 0.05) is 38.4 Å². The first-order valence-electron chi connectivity index (χ1n) is 11.6. The molecule has 0 spiro atoms. The number of aryl methyl sites for hydroxylation is 1. The largest absolute Gasteiger partial charge is 0.365 e. The van der Waals surface area contributed by atoms with Crippen molar-refractivity contribution in [3.8, 4) is 11.5 Å². The third kappa shape index (κ3) is 4.46. The monoisotopic (exact) mass is 452 g/mol. The molecule has 174 valence electrons. The number of likely N-dealkylation sites (tertiary alicyclic amines) is 1. The molecule has 0 radical (unpaired) electrons. The molecule has 1 aliphatic heterocycles. The molecule has 3 atom stereocenters. The highest BCUT2D eigenvalue weighted by Gasteiger charge is 2.28. The Hall–Kier alpha value is -3.30. The first-order valence-corrected chi connectivity index (χ1v) is 11.6. The van der Waals surface area contributed by atoms with Gasteiger partial charge in [0.05, 0.1) is 11.6 Å². The molecule has 0 aromatic carbocycles. The van der Waals surface area contributed by atoms with Crippen molar-refractivity contribution >= 4 is 22.9 Å². The number of fused-ring (bicyclic) bond motifs is 1. The normalized spacial score (nSPS) is 23.1. The zero-order valence-corrected chi connectivity index (χ0v) is 19.0. The summed E-state index contributed by atoms with van der Waals surface area (Å²) in [5.41, 5.74) is 1.28. The molecule has 4 heterocycles. The van der Waals surface area contributed by atoms with Gasteiger partial charge in [-0.1, -0.05) is 6.92 Å². The second-order valence-corrected chi connectivity index (χ2v) is 9.23. The molecule has 2 fully saturated rings. The molecule has 10 heteroatoms. The number of halogens is 1. The fourth-order valence-corrected chi connectivity index (χ4v) is 4.87. The second-order valence-electron chi connectivity index (χ2n) is 9.23. The minimum Gasteiger partial charge on any atom is -0.365 e. The zero-order chi connectivity index (χ0) is 22.9. The van der Waals surface area contributed by atoms with E-state index in [-0.39, 0.29) is 23.9 Å². The van der Waals surface area contributed by atoms with Crippen LogP contribution in [0.1, 0.15) is 39.0 Å². The molecule has 3 aromatic rings. The average molecular weight is 453 g/mol. The topological polar surface area (TPSA) is 101 Å². The lowest BCUT2D eigenvalue weighted by atomic mass is 9.91. The number of hydrogen-bond acceptors (Lipinski definition) is 6. The second kappa shape index (κ2) is 8.92. The van der Waals surface area contributed by atoms with Gasteiger partial charge in [-0.3, -0.25) is 0 Å². The van der Waals surface area contributed by atoms with E-state index in [0.29, 0.717) is 23.1 Å². The summed E-state index contributed by atoms with van der Waals surface area (Å²) in [6.45, 7) is 3.80. The highest BCUT2D eigenvalue weighted by molar-refractivity contribution is 5.89. The number of carbonyl (C=O) groups is 1. The molecule has 5 rings (SSSR count). The Balaban J connectivity index is 1.29. The molecule has 1 saturated carbocycles. The third-order valence-electron chi connectivity index (χ3n) is 6.61. The standard InChI is InChI=1S/C23H29FN8O/c1-14-8-10-32(13-14)23(33)28-16-6-3-5-15(11-16)27-20-18(24)12-26-21(29-20)19-17-7-4-9-25-22(17)31(2)30-19/h4,7,9,12,14-16H,3,5-6,8,10-11,13H2,1-2H3,(H,28,33)(H,26,27,29)/t14-,15-,16+/m0/s1. The molecule has 33 heavy (non-hydrogen) atoms. The number of nitrogens with one attached hydrogen (secondary N) is 2. The Bertz CT molecular complexity index is 1160. The Morgan fingerprint density at radius 3 is 2.88 bits per heavy atom. The fraction of sp³-hybridized carbons (Fsp3) is 0.522. The minimum absolute atomic E-state index is 0.0103. The summed E-state index contributed by atoms with van der Waals surface area (Å²) in [5.74, 6) is 0.558. The number of amides is 2. The van der Waals surface area contributed by atoms with E-state index in [1.807, 2.05) is 17.0 Å². The van der Waals surface area contributed by atoms with E-state index < -0.39 is 5.82 Å². The molecule has 1 saturated heterocycles. The van der Waals surface area contributed by atoms with Crippen LogP contribution in [-0.4, -0.2) is 60.8 Å². The van der Waals surface area contributed by atoms with Crippen LogP contribution in [0.4, 0.5) is 15.0 Å². The summed E-state index contributed by atoms with van der Waals surface area (Å²) < 4.78 is 16.3. The van der Waals surface area contributed by atoms with E-state index in [4.69, 9.17) is 0 Å². The molecule has 2 amide bonds. The number of aromatic nitrogens is 5. The van der Waals surface area contributed by atoms with Crippen LogP contribution >= 0.6 is 0 Å². The van der Waals surface area contributed by atoms with Gasteiger partial charge in [0.2, 0.25) is 0 Å². The van der Waals surface area contributed by atoms with E-state index in [1.165, 1.54) is 6.20 Å². The quantitative estimate of drug-likeness (QED) is 0.630. The number of pyridine rings is 1. The molecule has 2 N–H and O–H groups in total. The van der Waals surface area contributed by atoms with Crippen molar-refractivity contribution in [2.45, 2.75) is 51.1 Å². The summed E-state index contributed by atoms with van der Waals surface area (Å²) in [4.78, 5) is 27.5. The summed E-state index contributed by atoms with van der Waals surface area (Å²) in [6.07, 6.45) is 7.44. The highest BCUT2D eigenvalue weighted by atomic mass is 19.1. The van der Waals surface area contributed by atoms with E-state index in [1.54, 1.807) is 17.9 Å². The van der Waals surface area contributed by atoms with E-state index in [2.05, 4.69) is 37.6 Å². The van der Waals surface area contributed by atoms with E-state index in [0.717, 1.165) is 50.6 Å². The van der Waals surface area contributed by atoms with Gasteiger partial charge < -0.3 is 15.5 Å². The van der Waals surface area contributed by atoms with Gasteiger partial charge in [0.25, 0.3) is 0 Å². The van der Waals surface area contributed by atoms with Crippen LogP contribution in [0.15, 0.2) is 24.5 Å². The predicted molar refractivity (Wildman–Crippen MR) is 123 cm³/mol. The van der Waals surface area contributed by atoms with Crippen LogP contribution in [0.5, 0.6) is 0 Å². The summed E-state index contributed by atoms with van der Waals surface area (Å²) >= 11 is 0. The maximum absolute atomic E-state index is 14.6. The van der Waals surface area contributed by atoms with Crippen molar-refractivity contribution in [1.29, 1.82) is 0 Å². The number of carbonyl (C=O) groups excluding carboxylic acids is 1. The van der Waals surface area contributed by atoms with Crippen LogP contribution in [0, 0.1) is 11.7 Å². The third-order valence-corrected chi connectivity index (χ3v) is 6.61. The van der Waals surface area contributed by atoms with Crippen molar-refractivity contribution in [1.82, 2.24) is 34.9 Å². The van der Waals surface area contributed by atoms with Gasteiger partial charge in [-0.2, -0.15) is 5.10 Å². The lowest BCUT2D eigenvalue weighted by molar-refractivity contribution is 0.198. The molecular weight excluding hydrogens is 423 g/mol. The van der Waals surface area contributed by atoms with Gasteiger partial charge in [-0.15, -0.1) is 0 Å².